The Kier molecular flexibility index (Phi) is 10.0. The number of aliphatic hydroxyl groups is 1. The first kappa shape index (κ1) is 46.3. The highest BCUT2D eigenvalue weighted by molar-refractivity contribution is 8.02. The lowest BCUT2D eigenvalue weighted by molar-refractivity contribution is 0.0914. The molecule has 0 unspecified atom stereocenters. The van der Waals surface area contributed by atoms with E-state index in [0.29, 0.717) is 33.9 Å². The van der Waals surface area contributed by atoms with E-state index in [0.717, 1.165) is 46.6 Å². The van der Waals surface area contributed by atoms with Gasteiger partial charge in [0.25, 0.3) is 0 Å². The zero-order chi connectivity index (χ0) is 45.9. The lowest BCUT2D eigenvalue weighted by atomic mass is 9.78. The van der Waals surface area contributed by atoms with Crippen LogP contribution < -0.4 is 44.0 Å². The van der Waals surface area contributed by atoms with Crippen LogP contribution in [0.2, 0.25) is 58.9 Å². The predicted octanol–water partition coefficient (Wildman–Crippen LogP) is 12.9. The fourth-order valence-electron chi connectivity index (χ4n) is 9.63. The number of benzene rings is 3. The van der Waals surface area contributed by atoms with Crippen molar-refractivity contribution in [1.29, 1.82) is 0 Å². The van der Waals surface area contributed by atoms with Crippen molar-refractivity contribution in [2.45, 2.75) is 207 Å². The van der Waals surface area contributed by atoms with E-state index in [1.54, 1.807) is 70.6 Å². The van der Waals surface area contributed by atoms with Crippen molar-refractivity contribution in [3.05, 3.63) is 16.7 Å². The second kappa shape index (κ2) is 13.4. The average Bonchev–Trinajstić information content (AvgIpc) is 3.83. The molecule has 0 fully saturated rings. The van der Waals surface area contributed by atoms with Crippen LogP contribution in [0, 0.1) is 0 Å². The summed E-state index contributed by atoms with van der Waals surface area (Å²) in [7, 11) is -6.39. The van der Waals surface area contributed by atoms with E-state index in [1.807, 2.05) is 0 Å². The normalized spacial score (nSPS) is 22.5. The van der Waals surface area contributed by atoms with Gasteiger partial charge in [0.1, 0.15) is 34.5 Å². The van der Waals surface area contributed by atoms with Crippen molar-refractivity contribution >= 4 is 110 Å². The molecule has 16 heteroatoms. The van der Waals surface area contributed by atoms with Gasteiger partial charge in [-0.15, -0.1) is 0 Å². The Morgan fingerprint density at radius 3 is 0.694 bits per heavy atom. The van der Waals surface area contributed by atoms with Crippen LogP contribution in [-0.4, -0.2) is 58.9 Å². The van der Waals surface area contributed by atoms with Gasteiger partial charge in [0.05, 0.1) is 70.3 Å². The third kappa shape index (κ3) is 7.16. The Bertz CT molecular complexity index is 2120. The largest absolute Gasteiger partial charge is 0.476 e. The highest BCUT2D eigenvalue weighted by atomic mass is 32.2. The molecular weight excluding hydrogens is 941 g/mol. The quantitative estimate of drug-likeness (QED) is 0.188. The fraction of sp³-hybridized carbons (Fsp3) is 0.609. The van der Waals surface area contributed by atoms with Crippen LogP contribution >= 0.6 is 70.6 Å². The van der Waals surface area contributed by atoms with Crippen LogP contribution in [0.4, 0.5) is 0 Å². The third-order valence-electron chi connectivity index (χ3n) is 11.5. The van der Waals surface area contributed by atoms with Crippen molar-refractivity contribution in [2.24, 2.45) is 0 Å². The number of ether oxygens (including phenoxy) is 6. The summed E-state index contributed by atoms with van der Waals surface area (Å²) in [4.78, 5) is 2.13. The van der Waals surface area contributed by atoms with Crippen LogP contribution in [0.15, 0.2) is 29.4 Å². The Morgan fingerprint density at radius 2 is 0.500 bits per heavy atom. The molecule has 0 aromatic heterocycles. The summed E-state index contributed by atoms with van der Waals surface area (Å²) in [5.74, 6) is 4.71. The lowest BCUT2D eigenvalue weighted by Gasteiger charge is -2.38. The van der Waals surface area contributed by atoms with Crippen LogP contribution in [0.3, 0.4) is 0 Å². The molecule has 0 saturated carbocycles. The summed E-state index contributed by atoms with van der Waals surface area (Å²) in [6.45, 7) is 47.1. The van der Waals surface area contributed by atoms with Crippen LogP contribution in [0.1, 0.15) is 99.8 Å². The van der Waals surface area contributed by atoms with Crippen molar-refractivity contribution in [3.63, 3.8) is 0 Å². The van der Waals surface area contributed by atoms with Crippen LogP contribution in [-0.2, 0) is 5.60 Å². The van der Waals surface area contributed by atoms with Gasteiger partial charge in [0.2, 0.25) is 0 Å². The molecule has 1 N–H and O–H groups in total. The Morgan fingerprint density at radius 1 is 0.323 bits per heavy atom. The smallest absolute Gasteiger partial charge is 0.155 e. The van der Waals surface area contributed by atoms with Gasteiger partial charge in [-0.3, -0.25) is 0 Å². The van der Waals surface area contributed by atoms with Gasteiger partial charge in [-0.1, -0.05) is 129 Å². The fourth-order valence-corrected chi connectivity index (χ4v) is 24.8. The monoisotopic (exact) mass is 1000 g/mol. The molecule has 0 radical (unpaired) electrons. The molecule has 0 saturated heterocycles. The molecule has 62 heavy (non-hydrogen) atoms. The average molecular weight is 1010 g/mol. The molecule has 7 nitrogen and oxygen atoms in total. The zero-order valence-corrected chi connectivity index (χ0v) is 48.2. The zero-order valence-electron chi connectivity index (χ0n) is 40.3. The number of hydrogen-bond acceptors (Lipinski definition) is 13. The molecule has 0 atom stereocenters. The topological polar surface area (TPSA) is 75.6 Å². The van der Waals surface area contributed by atoms with Gasteiger partial charge in [-0.05, 0) is 98.6 Å². The van der Waals surface area contributed by atoms with Gasteiger partial charge in [0, 0.05) is 0 Å². The van der Waals surface area contributed by atoms with Crippen LogP contribution in [0.25, 0.3) is 0 Å². The number of thioether (sulfide) groups is 6. The minimum absolute atomic E-state index is 0.624. The SMILES string of the molecule is CC1(C)Oc2c(c(C(O)(c3c4c(c([Si](C)(C)C)c5c3SC(C)(C)O5)SC(C)(C)O4)c3c4c(c([Si](C)(C)C)c5c3SC(C)(C)O5)SC(C)(C)O4)c3c(c2[Si](C)(C)C)SC(C)(C)O3)S1. The predicted molar refractivity (Wildman–Crippen MR) is 274 cm³/mol. The summed E-state index contributed by atoms with van der Waals surface area (Å²) in [5.41, 5.74) is 0.0968. The maximum atomic E-state index is 15.7. The van der Waals surface area contributed by atoms with E-state index in [2.05, 4.69) is 142 Å². The number of rotatable bonds is 6. The molecule has 6 aliphatic rings. The maximum absolute atomic E-state index is 15.7. The Balaban J connectivity index is 1.58. The van der Waals surface area contributed by atoms with Gasteiger partial charge < -0.3 is 33.5 Å². The molecule has 338 valence electrons. The molecule has 3 aromatic carbocycles. The van der Waals surface area contributed by atoms with Crippen molar-refractivity contribution in [3.8, 4) is 34.5 Å². The van der Waals surface area contributed by atoms with E-state index < -0.39 is 59.4 Å². The maximum Gasteiger partial charge on any atom is 0.155 e. The first-order valence-corrected chi connectivity index (χ1v) is 37.0. The molecule has 0 amide bonds. The highest BCUT2D eigenvalue weighted by Crippen LogP contribution is 2.71. The molecular formula is C46H64O7S6Si3. The molecule has 3 aromatic rings. The van der Waals surface area contributed by atoms with Crippen molar-refractivity contribution in [1.82, 2.24) is 0 Å². The van der Waals surface area contributed by atoms with Crippen LogP contribution in [0.5, 0.6) is 34.5 Å². The minimum Gasteiger partial charge on any atom is -0.476 e. The molecule has 0 spiro atoms. The van der Waals surface area contributed by atoms with Crippen molar-refractivity contribution in [2.75, 3.05) is 0 Å². The van der Waals surface area contributed by atoms with E-state index in [1.165, 1.54) is 15.6 Å². The third-order valence-corrected chi connectivity index (χ3v) is 25.0. The molecule has 0 bridgehead atoms. The first-order valence-electron chi connectivity index (χ1n) is 21.6. The lowest BCUT2D eigenvalue weighted by Crippen LogP contribution is -2.43. The van der Waals surface area contributed by atoms with E-state index >= 15 is 5.11 Å². The first-order chi connectivity index (χ1) is 27.9. The second-order valence-corrected chi connectivity index (χ2v) is 47.9. The molecule has 6 aliphatic heterocycles. The van der Waals surface area contributed by atoms with Gasteiger partial charge in [-0.25, -0.2) is 0 Å². The minimum atomic E-state index is -2.13. The van der Waals surface area contributed by atoms with Gasteiger partial charge in [0.15, 0.2) is 35.2 Å². The summed E-state index contributed by atoms with van der Waals surface area (Å²) in [6, 6.07) is 0. The van der Waals surface area contributed by atoms with Crippen molar-refractivity contribution < 1.29 is 33.5 Å². The summed E-state index contributed by atoms with van der Waals surface area (Å²) < 4.78 is 43.6. The van der Waals surface area contributed by atoms with E-state index in [-0.39, 0.29) is 0 Å². The molecule has 6 heterocycles. The van der Waals surface area contributed by atoms with Gasteiger partial charge in [-0.2, -0.15) is 0 Å². The number of hydrogen-bond donors (Lipinski definition) is 1. The van der Waals surface area contributed by atoms with E-state index in [9.17, 15) is 0 Å². The van der Waals surface area contributed by atoms with E-state index in [4.69, 9.17) is 28.4 Å². The second-order valence-electron chi connectivity index (χ2n) is 23.3. The Hall–Kier alpha value is -0.829. The summed E-state index contributed by atoms with van der Waals surface area (Å²) in [6.07, 6.45) is 0. The number of fused-ring (bicyclic) bond motifs is 6. The van der Waals surface area contributed by atoms with Gasteiger partial charge >= 0.3 is 0 Å². The molecule has 0 aliphatic carbocycles. The summed E-state index contributed by atoms with van der Waals surface area (Å²) in [5, 5.41) is 19.4. The Labute approximate surface area is 398 Å². The highest BCUT2D eigenvalue weighted by Gasteiger charge is 2.61. The molecule has 9 rings (SSSR count). The summed E-state index contributed by atoms with van der Waals surface area (Å²) >= 11 is 10.2. The standard InChI is InChI=1S/C46H64O7S6Si3/c1-40(2)48-25-22(31-28(51-43(7,8)54-31)37(34(25)57-40)60(13,14)15)46(47,23-26-35(58-41(3,4)49-26)38(61(16,17)18)29-32(23)55-44(9,10)52-29)24-27-36(59-42(5,6)50-27)39(62(19,20)21)30-33(24)56-45(11,12)53-30/h47H,1-21H3.